The lowest BCUT2D eigenvalue weighted by Crippen LogP contribution is -2.32. The zero-order valence-electron chi connectivity index (χ0n) is 15.5. The lowest BCUT2D eigenvalue weighted by Gasteiger charge is -2.27. The van der Waals surface area contributed by atoms with Crippen molar-refractivity contribution in [3.05, 3.63) is 59.3 Å². The summed E-state index contributed by atoms with van der Waals surface area (Å²) in [5.74, 6) is -1.10. The molecule has 1 atom stereocenters. The van der Waals surface area contributed by atoms with Crippen LogP contribution in [0.1, 0.15) is 23.8 Å². The van der Waals surface area contributed by atoms with Gasteiger partial charge in [-0.3, -0.25) is 4.79 Å². The highest BCUT2D eigenvalue weighted by molar-refractivity contribution is 6.03. The third kappa shape index (κ3) is 4.92. The smallest absolute Gasteiger partial charge is 0.393 e. The Labute approximate surface area is 168 Å². The molecule has 0 aliphatic carbocycles. The molecule has 7 nitrogen and oxygen atoms in total. The maximum Gasteiger partial charge on any atom is 0.433 e. The Bertz CT molecular complexity index is 948. The van der Waals surface area contributed by atoms with Crippen molar-refractivity contribution in [2.24, 2.45) is 0 Å². The lowest BCUT2D eigenvalue weighted by molar-refractivity contribution is -0.141. The van der Waals surface area contributed by atoms with Gasteiger partial charge in [0, 0.05) is 30.4 Å². The van der Waals surface area contributed by atoms with Gasteiger partial charge in [-0.1, -0.05) is 6.08 Å². The Morgan fingerprint density at radius 1 is 1.27 bits per heavy atom. The van der Waals surface area contributed by atoms with Crippen molar-refractivity contribution in [1.29, 1.82) is 0 Å². The molecule has 1 amide bonds. The summed E-state index contributed by atoms with van der Waals surface area (Å²) in [5, 5.41) is 21.0. The van der Waals surface area contributed by atoms with E-state index in [0.717, 1.165) is 24.4 Å². The van der Waals surface area contributed by atoms with Crippen molar-refractivity contribution in [2.45, 2.75) is 18.7 Å². The molecule has 0 aromatic carbocycles. The molecule has 0 radical (unpaired) electrons. The van der Waals surface area contributed by atoms with E-state index in [1.54, 1.807) is 11.0 Å². The van der Waals surface area contributed by atoms with Crippen LogP contribution in [0.2, 0.25) is 0 Å². The Morgan fingerprint density at radius 3 is 2.57 bits per heavy atom. The first kappa shape index (κ1) is 21.7. The quantitative estimate of drug-likeness (QED) is 0.636. The molecule has 1 aliphatic rings. The molecule has 3 N–H and O–H groups in total. The second-order valence-corrected chi connectivity index (χ2v) is 6.58. The molecule has 0 bridgehead atoms. The number of aromatic nitrogens is 2. The van der Waals surface area contributed by atoms with E-state index < -0.39 is 36.3 Å². The van der Waals surface area contributed by atoms with Crippen molar-refractivity contribution in [3.8, 4) is 0 Å². The zero-order chi connectivity index (χ0) is 21.9. The monoisotopic (exact) mass is 426 g/mol. The number of rotatable bonds is 5. The number of pyridine rings is 2. The molecule has 0 fully saturated rings. The zero-order valence-corrected chi connectivity index (χ0v) is 15.5. The topological polar surface area (TPSA) is 98.6 Å². The number of aliphatic hydroxyl groups is 2. The van der Waals surface area contributed by atoms with Gasteiger partial charge < -0.3 is 20.4 Å². The third-order valence-corrected chi connectivity index (χ3v) is 4.51. The fourth-order valence-corrected chi connectivity index (χ4v) is 2.88. The highest BCUT2D eigenvalue weighted by Crippen LogP contribution is 2.28. The van der Waals surface area contributed by atoms with Gasteiger partial charge in [0.15, 0.2) is 11.6 Å². The molecule has 2 aromatic rings. The minimum absolute atomic E-state index is 0.0477. The van der Waals surface area contributed by atoms with Crippen LogP contribution in [-0.2, 0) is 11.0 Å². The van der Waals surface area contributed by atoms with Crippen molar-refractivity contribution in [1.82, 2.24) is 9.97 Å². The van der Waals surface area contributed by atoms with Crippen molar-refractivity contribution in [3.63, 3.8) is 0 Å². The summed E-state index contributed by atoms with van der Waals surface area (Å²) in [6, 6.07) is 2.98. The normalized spacial score (nSPS) is 15.5. The molecule has 1 aliphatic heterocycles. The Morgan fingerprint density at radius 2 is 2.03 bits per heavy atom. The minimum Gasteiger partial charge on any atom is -0.393 e. The van der Waals surface area contributed by atoms with E-state index in [-0.39, 0.29) is 36.6 Å². The molecule has 0 saturated carbocycles. The van der Waals surface area contributed by atoms with E-state index in [1.165, 1.54) is 6.20 Å². The predicted molar refractivity (Wildman–Crippen MR) is 99.0 cm³/mol. The largest absolute Gasteiger partial charge is 0.433 e. The third-order valence-electron chi connectivity index (χ3n) is 4.51. The van der Waals surface area contributed by atoms with Gasteiger partial charge in [0.05, 0.1) is 18.5 Å². The summed E-state index contributed by atoms with van der Waals surface area (Å²) in [6.07, 6.45) is -1.75. The molecule has 2 aromatic heterocycles. The average molecular weight is 426 g/mol. The van der Waals surface area contributed by atoms with Crippen molar-refractivity contribution in [2.75, 3.05) is 29.9 Å². The van der Waals surface area contributed by atoms with Crippen LogP contribution in [0.3, 0.4) is 0 Å². The molecule has 30 heavy (non-hydrogen) atoms. The highest BCUT2D eigenvalue weighted by Gasteiger charge is 2.32. The first-order chi connectivity index (χ1) is 14.2. The Kier molecular flexibility index (Phi) is 6.32. The van der Waals surface area contributed by atoms with E-state index >= 15 is 0 Å². The number of anilines is 2. The van der Waals surface area contributed by atoms with Crippen LogP contribution in [0, 0.1) is 5.82 Å². The fraction of sp³-hybridized carbons (Fsp3) is 0.316. The molecule has 160 valence electrons. The van der Waals surface area contributed by atoms with Gasteiger partial charge in [0.25, 0.3) is 5.91 Å². The SMILES string of the molecule is O=C(Nc1ccc(C(F)(F)F)nc1)C1=CCN(c2ncc([C@H](O)CO)cc2F)CC1. The molecule has 3 rings (SSSR count). The Hall–Kier alpha value is -3.05. The molecule has 0 unspecified atom stereocenters. The molecule has 0 spiro atoms. The molecular weight excluding hydrogens is 408 g/mol. The molecule has 3 heterocycles. The number of carbonyl (C=O) groups excluding carboxylic acids is 1. The van der Waals surface area contributed by atoms with Crippen molar-refractivity contribution >= 4 is 17.4 Å². The maximum atomic E-state index is 14.3. The summed E-state index contributed by atoms with van der Waals surface area (Å²) in [7, 11) is 0. The number of aliphatic hydroxyl groups excluding tert-OH is 2. The maximum absolute atomic E-state index is 14.3. The summed E-state index contributed by atoms with van der Waals surface area (Å²) >= 11 is 0. The van der Waals surface area contributed by atoms with Crippen LogP contribution in [0.4, 0.5) is 29.1 Å². The number of hydrogen-bond donors (Lipinski definition) is 3. The molecule has 0 saturated heterocycles. The van der Waals surface area contributed by atoms with Gasteiger partial charge >= 0.3 is 6.18 Å². The molecular formula is C19H18F4N4O3. The second-order valence-electron chi connectivity index (χ2n) is 6.58. The van der Waals surface area contributed by atoms with E-state index in [4.69, 9.17) is 5.11 Å². The Balaban J connectivity index is 1.63. The van der Waals surface area contributed by atoms with Gasteiger partial charge in [-0.15, -0.1) is 0 Å². The van der Waals surface area contributed by atoms with Crippen molar-refractivity contribution < 1.29 is 32.6 Å². The average Bonchev–Trinajstić information content (AvgIpc) is 2.73. The van der Waals surface area contributed by atoms with Crippen LogP contribution in [0.25, 0.3) is 0 Å². The molecule has 11 heteroatoms. The predicted octanol–water partition coefficient (Wildman–Crippen LogP) is 2.44. The van der Waals surface area contributed by atoms with Crippen LogP contribution < -0.4 is 10.2 Å². The van der Waals surface area contributed by atoms with Gasteiger partial charge in [0.2, 0.25) is 0 Å². The number of amides is 1. The van der Waals surface area contributed by atoms with E-state index in [1.807, 2.05) is 0 Å². The summed E-state index contributed by atoms with van der Waals surface area (Å²) in [6.45, 7) is -0.0734. The highest BCUT2D eigenvalue weighted by atomic mass is 19.4. The second kappa shape index (κ2) is 8.76. The number of carbonyl (C=O) groups is 1. The lowest BCUT2D eigenvalue weighted by atomic mass is 10.1. The number of alkyl halides is 3. The van der Waals surface area contributed by atoms with Gasteiger partial charge in [0.1, 0.15) is 11.8 Å². The fourth-order valence-electron chi connectivity index (χ4n) is 2.88. The number of hydrogen-bond acceptors (Lipinski definition) is 6. The number of nitrogens with zero attached hydrogens (tertiary/aromatic N) is 3. The number of halogens is 4. The van der Waals surface area contributed by atoms with E-state index in [2.05, 4.69) is 15.3 Å². The van der Waals surface area contributed by atoms with Crippen LogP contribution in [-0.4, -0.2) is 45.8 Å². The first-order valence-corrected chi connectivity index (χ1v) is 8.92. The standard InChI is InChI=1S/C19H18F4N4O3/c20-14-7-12(15(29)10-28)8-25-17(14)27-5-3-11(4-6-27)18(30)26-13-1-2-16(24-9-13)19(21,22)23/h1-3,7-9,15,28-29H,4-6,10H2,(H,26,30)/t15-/m1/s1. The van der Waals surface area contributed by atoms with E-state index in [9.17, 15) is 27.5 Å². The summed E-state index contributed by atoms with van der Waals surface area (Å²) < 4.78 is 51.9. The minimum atomic E-state index is -4.56. The summed E-state index contributed by atoms with van der Waals surface area (Å²) in [5.41, 5.74) is -0.377. The van der Waals surface area contributed by atoms with Crippen LogP contribution >= 0.6 is 0 Å². The first-order valence-electron chi connectivity index (χ1n) is 8.92. The van der Waals surface area contributed by atoms with Gasteiger partial charge in [-0.05, 0) is 24.6 Å². The van der Waals surface area contributed by atoms with Crippen LogP contribution in [0.15, 0.2) is 42.2 Å². The number of nitrogens with one attached hydrogen (secondary N) is 1. The van der Waals surface area contributed by atoms with Crippen LogP contribution in [0.5, 0.6) is 0 Å². The van der Waals surface area contributed by atoms with Gasteiger partial charge in [-0.2, -0.15) is 13.2 Å². The summed E-state index contributed by atoms with van der Waals surface area (Å²) in [4.78, 5) is 21.2. The van der Waals surface area contributed by atoms with E-state index in [0.29, 0.717) is 5.57 Å². The van der Waals surface area contributed by atoms with Gasteiger partial charge in [-0.25, -0.2) is 14.4 Å².